The van der Waals surface area contributed by atoms with Crippen molar-refractivity contribution in [1.82, 2.24) is 15.1 Å². The first kappa shape index (κ1) is 23.0. The Morgan fingerprint density at radius 3 is 2.75 bits per heavy atom. The van der Waals surface area contributed by atoms with Gasteiger partial charge in [-0.05, 0) is 34.2 Å². The Morgan fingerprint density at radius 1 is 1.46 bits per heavy atom. The maximum absolute atomic E-state index is 12.6. The van der Waals surface area contributed by atoms with Crippen molar-refractivity contribution in [3.8, 4) is 0 Å². The molecule has 0 aliphatic carbocycles. The predicted molar refractivity (Wildman–Crippen MR) is 115 cm³/mol. The van der Waals surface area contributed by atoms with Gasteiger partial charge < -0.3 is 15.4 Å². The average molecular weight is 403 g/mol. The first-order chi connectivity index (χ1) is 13.3. The summed E-state index contributed by atoms with van der Waals surface area (Å²) in [5.74, 6) is -0.632. The van der Waals surface area contributed by atoms with Gasteiger partial charge in [0.25, 0.3) is 5.91 Å². The lowest BCUT2D eigenvalue weighted by Crippen LogP contribution is -2.46. The van der Waals surface area contributed by atoms with Gasteiger partial charge in [-0.25, -0.2) is 0 Å². The Labute approximate surface area is 166 Å². The van der Waals surface area contributed by atoms with E-state index in [1.165, 1.54) is 23.2 Å². The summed E-state index contributed by atoms with van der Waals surface area (Å²) in [6.07, 6.45) is 9.07. The Bertz CT molecular complexity index is 821. The topological polar surface area (TPSA) is 97.6 Å². The number of nitrogens with one attached hydrogen (secondary N) is 2. The highest BCUT2D eigenvalue weighted by molar-refractivity contribution is 7.39. The van der Waals surface area contributed by atoms with Gasteiger partial charge >= 0.3 is 0 Å². The van der Waals surface area contributed by atoms with Crippen molar-refractivity contribution in [3.63, 3.8) is 0 Å². The Hall–Kier alpha value is -2.99. The molecule has 1 aromatic rings. The fraction of sp³-hybridized carbons (Fsp3) is 0.316. The number of nitrogens with zero attached hydrogens (tertiary/aromatic N) is 3. The van der Waals surface area contributed by atoms with E-state index in [1.807, 2.05) is 13.6 Å². The van der Waals surface area contributed by atoms with Crippen LogP contribution in [0.15, 0.2) is 54.2 Å². The molecule has 9 heteroatoms. The van der Waals surface area contributed by atoms with Crippen LogP contribution in [-0.4, -0.2) is 47.0 Å². The summed E-state index contributed by atoms with van der Waals surface area (Å²) in [5.41, 5.74) is 0.454. The van der Waals surface area contributed by atoms with Crippen molar-refractivity contribution in [3.05, 3.63) is 49.2 Å². The van der Waals surface area contributed by atoms with Gasteiger partial charge in [0.2, 0.25) is 5.91 Å². The van der Waals surface area contributed by atoms with Crippen LogP contribution in [0.1, 0.15) is 20.8 Å². The number of anilines is 1. The van der Waals surface area contributed by atoms with Crippen LogP contribution in [0.2, 0.25) is 0 Å². The zero-order chi connectivity index (χ0) is 21.2. The van der Waals surface area contributed by atoms with Gasteiger partial charge in [-0.3, -0.25) is 19.3 Å². The van der Waals surface area contributed by atoms with Gasteiger partial charge in [0.15, 0.2) is 0 Å². The number of hydrogen-bond acceptors (Lipinski definition) is 5. The van der Waals surface area contributed by atoms with E-state index >= 15 is 0 Å². The zero-order valence-electron chi connectivity index (χ0n) is 16.6. The molecular formula is C19H26N5O3P. The van der Waals surface area contributed by atoms with Crippen LogP contribution in [0, 0.1) is 0 Å². The molecule has 8 nitrogen and oxygen atoms in total. The molecule has 0 atom stereocenters. The number of allylic oxidation sites excluding steroid dienone is 1. The van der Waals surface area contributed by atoms with Crippen LogP contribution in [0.5, 0.6) is 0 Å². The molecule has 0 aromatic carbocycles. The van der Waals surface area contributed by atoms with E-state index in [2.05, 4.69) is 34.0 Å². The molecule has 0 saturated carbocycles. The summed E-state index contributed by atoms with van der Waals surface area (Å²) in [5, 5.41) is 9.72. The molecule has 0 fully saturated rings. The molecule has 28 heavy (non-hydrogen) atoms. The lowest BCUT2D eigenvalue weighted by molar-refractivity contribution is -0.128. The smallest absolute Gasteiger partial charge is 0.257 e. The Balaban J connectivity index is 2.82. The van der Waals surface area contributed by atoms with Crippen molar-refractivity contribution in [2.75, 3.05) is 18.5 Å². The molecule has 0 aliphatic rings. The minimum atomic E-state index is -0.973. The van der Waals surface area contributed by atoms with E-state index in [1.54, 1.807) is 32.4 Å². The second kappa shape index (κ2) is 11.0. The van der Waals surface area contributed by atoms with Gasteiger partial charge in [0, 0.05) is 12.4 Å². The van der Waals surface area contributed by atoms with E-state index in [0.29, 0.717) is 5.69 Å². The van der Waals surface area contributed by atoms with Gasteiger partial charge in [0.1, 0.15) is 11.0 Å². The normalized spacial score (nSPS) is 12.6. The van der Waals surface area contributed by atoms with E-state index < -0.39 is 11.4 Å². The third-order valence-corrected chi connectivity index (χ3v) is 4.43. The molecule has 0 unspecified atom stereocenters. The highest BCUT2D eigenvalue weighted by Gasteiger charge is 2.30. The van der Waals surface area contributed by atoms with E-state index in [9.17, 15) is 9.59 Å². The third kappa shape index (κ3) is 6.32. The largest absolute Gasteiger partial charge is 0.463 e. The number of aromatic nitrogens is 2. The summed E-state index contributed by atoms with van der Waals surface area (Å²) in [6.45, 7) is 14.4. The van der Waals surface area contributed by atoms with Crippen molar-refractivity contribution in [1.29, 1.82) is 0 Å². The van der Waals surface area contributed by atoms with Crippen LogP contribution in [0.4, 0.5) is 5.69 Å². The first-order valence-electron chi connectivity index (χ1n) is 8.46. The second-order valence-electron chi connectivity index (χ2n) is 6.05. The fourth-order valence-electron chi connectivity index (χ4n) is 1.99. The minimum Gasteiger partial charge on any atom is -0.463 e. The van der Waals surface area contributed by atoms with Gasteiger partial charge in [-0.15, -0.1) is 0 Å². The summed E-state index contributed by atoms with van der Waals surface area (Å²) in [6, 6.07) is 0. The van der Waals surface area contributed by atoms with Crippen LogP contribution >= 0.6 is 8.20 Å². The third-order valence-electron chi connectivity index (χ3n) is 3.67. The predicted octanol–water partition coefficient (Wildman–Crippen LogP) is 2.70. The first-order valence-corrected chi connectivity index (χ1v) is 9.81. The van der Waals surface area contributed by atoms with Crippen LogP contribution in [0.3, 0.4) is 0 Å². The van der Waals surface area contributed by atoms with E-state index in [0.717, 1.165) is 13.7 Å². The van der Waals surface area contributed by atoms with Crippen LogP contribution in [-0.2, 0) is 19.9 Å². The number of amides is 2. The van der Waals surface area contributed by atoms with Crippen molar-refractivity contribution in [2.45, 2.75) is 26.3 Å². The summed E-state index contributed by atoms with van der Waals surface area (Å²) < 4.78 is 6.91. The van der Waals surface area contributed by atoms with Gasteiger partial charge in [0.05, 0.1) is 30.3 Å². The molecule has 2 N–H and O–H groups in total. The highest BCUT2D eigenvalue weighted by atomic mass is 31.1. The lowest BCUT2D eigenvalue weighted by atomic mass is 10.1. The molecule has 2 amide bonds. The number of hydrogen-bond donors (Lipinski definition) is 2. The molecule has 0 aliphatic heterocycles. The minimum absolute atomic E-state index is 0.235. The number of carbonyl (C=O) groups excluding carboxylic acids is 2. The lowest BCUT2D eigenvalue weighted by Gasteiger charge is -2.24. The number of ether oxygens (including phenoxy) is 1. The number of aliphatic imine (C=N–C) groups is 1. The molecule has 0 bridgehead atoms. The van der Waals surface area contributed by atoms with Crippen molar-refractivity contribution in [2.24, 2.45) is 4.99 Å². The summed E-state index contributed by atoms with van der Waals surface area (Å²) in [7, 11) is 0.925. The average Bonchev–Trinajstić information content (AvgIpc) is 3.15. The van der Waals surface area contributed by atoms with Crippen molar-refractivity contribution < 1.29 is 14.3 Å². The molecule has 0 radical (unpaired) electrons. The molecule has 1 aromatic heterocycles. The number of carbonyl (C=O) groups is 2. The van der Waals surface area contributed by atoms with Gasteiger partial charge in [-0.2, -0.15) is 5.10 Å². The molecule has 1 rings (SSSR count). The molecule has 1 heterocycles. The second-order valence-corrected chi connectivity index (χ2v) is 6.99. The molecule has 0 spiro atoms. The standard InChI is InChI=1S/C19H26N5O3P/c1-7-9-27-16(28-6)12-21-18(26)19(3,4)24-13-15(11-22-24)23-17(25)14(8-2)10-20-5/h7-11,13H,2,5,12H2,1,3-4,6H3,(H,21,26)(H,23,25)/b9-7-,14-10+. The summed E-state index contributed by atoms with van der Waals surface area (Å²) >= 11 is 0. The number of rotatable bonds is 10. The van der Waals surface area contributed by atoms with Crippen LogP contribution in [0.25, 0.3) is 0 Å². The molecular weight excluding hydrogens is 377 g/mol. The zero-order valence-corrected chi connectivity index (χ0v) is 17.5. The maximum Gasteiger partial charge on any atom is 0.257 e. The highest BCUT2D eigenvalue weighted by Crippen LogP contribution is 2.18. The maximum atomic E-state index is 12.6. The Morgan fingerprint density at radius 2 is 2.18 bits per heavy atom. The molecule has 0 saturated heterocycles. The summed E-state index contributed by atoms with van der Waals surface area (Å²) in [4.78, 5) is 28.3. The van der Waals surface area contributed by atoms with E-state index in [4.69, 9.17) is 4.74 Å². The monoisotopic (exact) mass is 403 g/mol. The Kier molecular flexibility index (Phi) is 9.05. The van der Waals surface area contributed by atoms with Crippen LogP contribution < -0.4 is 10.6 Å². The quantitative estimate of drug-likeness (QED) is 0.206. The molecule has 150 valence electrons. The van der Waals surface area contributed by atoms with E-state index in [-0.39, 0.29) is 18.0 Å². The SMILES string of the molecule is C=C/C(=C\N=C)C(=O)Nc1cnn(C(C)(C)C(=O)NCC(O/C=C\C)=PC)c1. The van der Waals surface area contributed by atoms with Crippen molar-refractivity contribution >= 4 is 37.9 Å². The fourth-order valence-corrected chi connectivity index (χ4v) is 2.40. The van der Waals surface area contributed by atoms with Gasteiger partial charge in [-0.1, -0.05) is 26.9 Å².